The number of carbonyl (C=O) groups is 2. The number of nitrogen functional groups attached to an aromatic ring is 1. The predicted molar refractivity (Wildman–Crippen MR) is 78.7 cm³/mol. The average molecular weight is 276 g/mol. The number of anilines is 2. The third-order valence-corrected chi connectivity index (χ3v) is 3.66. The molecule has 1 fully saturated rings. The molecule has 0 atom stereocenters. The summed E-state index contributed by atoms with van der Waals surface area (Å²) in [6, 6.07) is 5.10. The molecule has 0 radical (unpaired) electrons. The topological polar surface area (TPSA) is 87.5 Å². The summed E-state index contributed by atoms with van der Waals surface area (Å²) in [4.78, 5) is 25.7. The van der Waals surface area contributed by atoms with Gasteiger partial charge < -0.3 is 21.3 Å². The lowest BCUT2D eigenvalue weighted by Crippen LogP contribution is -2.62. The average Bonchev–Trinajstić information content (AvgIpc) is 2.42. The van der Waals surface area contributed by atoms with Crippen LogP contribution in [0.1, 0.15) is 24.2 Å². The zero-order chi connectivity index (χ0) is 14.9. The van der Waals surface area contributed by atoms with Crippen molar-refractivity contribution in [2.75, 3.05) is 30.8 Å². The first kappa shape index (κ1) is 14.2. The Hall–Kier alpha value is -2.24. The van der Waals surface area contributed by atoms with Gasteiger partial charge >= 0.3 is 0 Å². The van der Waals surface area contributed by atoms with E-state index in [9.17, 15) is 9.59 Å². The number of rotatable bonds is 2. The van der Waals surface area contributed by atoms with Gasteiger partial charge in [0.05, 0.1) is 11.4 Å². The minimum atomic E-state index is -0.701. The van der Waals surface area contributed by atoms with E-state index in [0.717, 1.165) is 0 Å². The molecule has 0 bridgehead atoms. The number of piperazine rings is 1. The maximum atomic E-state index is 12.0. The number of nitrogens with two attached hydrogens (primary N) is 1. The van der Waals surface area contributed by atoms with E-state index in [4.69, 9.17) is 5.73 Å². The maximum absolute atomic E-state index is 12.0. The minimum Gasteiger partial charge on any atom is -0.397 e. The highest BCUT2D eigenvalue weighted by molar-refractivity contribution is 5.97. The second kappa shape index (κ2) is 5.03. The molecule has 0 aliphatic carbocycles. The van der Waals surface area contributed by atoms with Gasteiger partial charge in [0.1, 0.15) is 5.54 Å². The smallest absolute Gasteiger partial charge is 0.251 e. The van der Waals surface area contributed by atoms with Crippen molar-refractivity contribution >= 4 is 23.2 Å². The predicted octanol–water partition coefficient (Wildman–Crippen LogP) is 0.343. The number of benzene rings is 1. The van der Waals surface area contributed by atoms with E-state index in [1.165, 1.54) is 0 Å². The van der Waals surface area contributed by atoms with Crippen LogP contribution in [0.25, 0.3) is 0 Å². The van der Waals surface area contributed by atoms with Crippen LogP contribution in [-0.2, 0) is 4.79 Å². The van der Waals surface area contributed by atoms with Crippen LogP contribution in [0.3, 0.4) is 0 Å². The van der Waals surface area contributed by atoms with E-state index >= 15 is 0 Å². The third-order valence-electron chi connectivity index (χ3n) is 3.66. The summed E-state index contributed by atoms with van der Waals surface area (Å²) in [5.41, 5.74) is 7.12. The van der Waals surface area contributed by atoms with Gasteiger partial charge in [0.25, 0.3) is 5.91 Å². The van der Waals surface area contributed by atoms with E-state index < -0.39 is 5.54 Å². The van der Waals surface area contributed by atoms with Crippen LogP contribution in [-0.4, -0.2) is 37.5 Å². The van der Waals surface area contributed by atoms with Crippen molar-refractivity contribution in [3.8, 4) is 0 Å². The summed E-state index contributed by atoms with van der Waals surface area (Å²) >= 11 is 0. The molecule has 2 amide bonds. The molecule has 0 aromatic heterocycles. The molecule has 2 rings (SSSR count). The normalized spacial score (nSPS) is 17.6. The van der Waals surface area contributed by atoms with Crippen LogP contribution in [0, 0.1) is 0 Å². The van der Waals surface area contributed by atoms with E-state index in [1.807, 2.05) is 18.7 Å². The van der Waals surface area contributed by atoms with Crippen molar-refractivity contribution < 1.29 is 9.59 Å². The molecule has 1 saturated heterocycles. The number of nitrogens with one attached hydrogen (secondary N) is 2. The van der Waals surface area contributed by atoms with Crippen LogP contribution < -0.4 is 21.3 Å². The Labute approximate surface area is 118 Å². The summed E-state index contributed by atoms with van der Waals surface area (Å²) in [6.07, 6.45) is 0. The lowest BCUT2D eigenvalue weighted by Gasteiger charge is -2.43. The van der Waals surface area contributed by atoms with Crippen LogP contribution in [0.5, 0.6) is 0 Å². The van der Waals surface area contributed by atoms with Gasteiger partial charge in [0.2, 0.25) is 5.91 Å². The monoisotopic (exact) mass is 276 g/mol. The Bertz CT molecular complexity index is 554. The highest BCUT2D eigenvalue weighted by atomic mass is 16.2. The number of hydrogen-bond acceptors (Lipinski definition) is 4. The number of hydrogen-bond donors (Lipinski definition) is 3. The molecule has 20 heavy (non-hydrogen) atoms. The highest BCUT2D eigenvalue weighted by Gasteiger charge is 2.38. The molecule has 1 aliphatic rings. The maximum Gasteiger partial charge on any atom is 0.251 e. The molecule has 4 N–H and O–H groups in total. The van der Waals surface area contributed by atoms with Crippen molar-refractivity contribution in [1.82, 2.24) is 10.6 Å². The number of nitrogens with zero attached hydrogens (tertiary/aromatic N) is 1. The molecule has 6 nitrogen and oxygen atoms in total. The Kier molecular flexibility index (Phi) is 3.57. The molecular weight excluding hydrogens is 256 g/mol. The van der Waals surface area contributed by atoms with Gasteiger partial charge in [-0.25, -0.2) is 0 Å². The van der Waals surface area contributed by atoms with E-state index in [-0.39, 0.29) is 11.8 Å². The Morgan fingerprint density at radius 2 is 2.15 bits per heavy atom. The standard InChI is InChI=1S/C14H20N4O2/c1-14(2)13(20)17-6-7-18(14)11-8-9(12(19)16-3)4-5-10(11)15/h4-5,8H,6-7,15H2,1-3H3,(H,16,19)(H,17,20). The zero-order valence-electron chi connectivity index (χ0n) is 12.0. The minimum absolute atomic E-state index is 0.0477. The fraction of sp³-hybridized carbons (Fsp3) is 0.429. The van der Waals surface area contributed by atoms with Crippen LogP contribution in [0.4, 0.5) is 11.4 Å². The summed E-state index contributed by atoms with van der Waals surface area (Å²) in [7, 11) is 1.58. The van der Waals surface area contributed by atoms with Crippen molar-refractivity contribution in [2.24, 2.45) is 0 Å². The van der Waals surface area contributed by atoms with Crippen LogP contribution >= 0.6 is 0 Å². The van der Waals surface area contributed by atoms with Gasteiger partial charge in [0, 0.05) is 25.7 Å². The largest absolute Gasteiger partial charge is 0.397 e. The SMILES string of the molecule is CNC(=O)c1ccc(N)c(N2CCNC(=O)C2(C)C)c1. The van der Waals surface area contributed by atoms with Crippen molar-refractivity contribution in [1.29, 1.82) is 0 Å². The first-order chi connectivity index (χ1) is 9.37. The fourth-order valence-electron chi connectivity index (χ4n) is 2.38. The molecule has 1 aromatic carbocycles. The van der Waals surface area contributed by atoms with Gasteiger partial charge in [-0.05, 0) is 32.0 Å². The van der Waals surface area contributed by atoms with Crippen molar-refractivity contribution in [3.05, 3.63) is 23.8 Å². The first-order valence-electron chi connectivity index (χ1n) is 6.55. The lowest BCUT2D eigenvalue weighted by atomic mass is 9.97. The highest BCUT2D eigenvalue weighted by Crippen LogP contribution is 2.31. The number of carbonyl (C=O) groups excluding carboxylic acids is 2. The summed E-state index contributed by atoms with van der Waals surface area (Å²) in [5, 5.41) is 5.42. The van der Waals surface area contributed by atoms with E-state index in [2.05, 4.69) is 10.6 Å². The zero-order valence-corrected chi connectivity index (χ0v) is 12.0. The lowest BCUT2D eigenvalue weighted by molar-refractivity contribution is -0.126. The molecular formula is C14H20N4O2. The molecule has 108 valence electrons. The Balaban J connectivity index is 2.45. The molecule has 0 saturated carbocycles. The molecule has 0 spiro atoms. The second-order valence-electron chi connectivity index (χ2n) is 5.32. The van der Waals surface area contributed by atoms with Gasteiger partial charge in [-0.1, -0.05) is 0 Å². The van der Waals surface area contributed by atoms with Gasteiger partial charge in [-0.3, -0.25) is 9.59 Å². The van der Waals surface area contributed by atoms with Gasteiger partial charge in [-0.15, -0.1) is 0 Å². The van der Waals surface area contributed by atoms with Crippen LogP contribution in [0.2, 0.25) is 0 Å². The second-order valence-corrected chi connectivity index (χ2v) is 5.32. The molecule has 1 heterocycles. The first-order valence-corrected chi connectivity index (χ1v) is 6.55. The van der Waals surface area contributed by atoms with Crippen LogP contribution in [0.15, 0.2) is 18.2 Å². The summed E-state index contributed by atoms with van der Waals surface area (Å²) in [5.74, 6) is -0.223. The van der Waals surface area contributed by atoms with E-state index in [1.54, 1.807) is 25.2 Å². The van der Waals surface area contributed by atoms with Gasteiger partial charge in [0.15, 0.2) is 0 Å². The molecule has 6 heteroatoms. The number of amides is 2. The molecule has 1 aliphatic heterocycles. The molecule has 0 unspecified atom stereocenters. The fourth-order valence-corrected chi connectivity index (χ4v) is 2.38. The van der Waals surface area contributed by atoms with Gasteiger partial charge in [-0.2, -0.15) is 0 Å². The Morgan fingerprint density at radius 3 is 2.80 bits per heavy atom. The van der Waals surface area contributed by atoms with Crippen molar-refractivity contribution in [2.45, 2.75) is 19.4 Å². The van der Waals surface area contributed by atoms with Crippen molar-refractivity contribution in [3.63, 3.8) is 0 Å². The van der Waals surface area contributed by atoms with E-state index in [0.29, 0.717) is 30.0 Å². The Morgan fingerprint density at radius 1 is 1.45 bits per heavy atom. The third kappa shape index (κ3) is 2.29. The quantitative estimate of drug-likeness (QED) is 0.680. The molecule has 1 aromatic rings. The summed E-state index contributed by atoms with van der Waals surface area (Å²) < 4.78 is 0. The summed E-state index contributed by atoms with van der Waals surface area (Å²) in [6.45, 7) is 4.90.